The van der Waals surface area contributed by atoms with Gasteiger partial charge in [0, 0.05) is 27.6 Å². The van der Waals surface area contributed by atoms with Gasteiger partial charge in [-0.25, -0.2) is 0 Å². The van der Waals surface area contributed by atoms with Crippen LogP contribution in [-0.4, -0.2) is 8.07 Å². The van der Waals surface area contributed by atoms with E-state index in [4.69, 9.17) is 0 Å². The van der Waals surface area contributed by atoms with E-state index in [9.17, 15) is 0 Å². The predicted molar refractivity (Wildman–Crippen MR) is 267 cm³/mol. The molecule has 296 valence electrons. The van der Waals surface area contributed by atoms with E-state index in [1.807, 2.05) is 0 Å². The summed E-state index contributed by atoms with van der Waals surface area (Å²) in [5.41, 5.74) is 11.4. The van der Waals surface area contributed by atoms with Gasteiger partial charge in [0.15, 0.2) is 8.07 Å². The second kappa shape index (κ2) is 13.5. The van der Waals surface area contributed by atoms with Gasteiger partial charge in [-0.15, -0.1) is 0 Å². The van der Waals surface area contributed by atoms with Crippen molar-refractivity contribution < 1.29 is 0 Å². The molecule has 0 aromatic heterocycles. The molecule has 12 rings (SSSR count). The fourth-order valence-electron chi connectivity index (χ4n) is 11.5. The minimum Gasteiger partial charge on any atom is -0.310 e. The molecule has 10 aromatic rings. The van der Waals surface area contributed by atoms with Gasteiger partial charge in [-0.1, -0.05) is 210 Å². The van der Waals surface area contributed by atoms with Crippen molar-refractivity contribution in [1.82, 2.24) is 0 Å². The molecule has 10 aromatic carbocycles. The first-order valence-corrected chi connectivity index (χ1v) is 24.0. The zero-order valence-corrected chi connectivity index (χ0v) is 36.7. The number of fused-ring (bicyclic) bond motifs is 4. The molecule has 0 fully saturated rings. The van der Waals surface area contributed by atoms with Crippen LogP contribution in [0.4, 0.5) is 17.1 Å². The van der Waals surface area contributed by atoms with Gasteiger partial charge in [-0.2, -0.15) is 0 Å². The molecular weight excluding hydrogens is 763 g/mol. The summed E-state index contributed by atoms with van der Waals surface area (Å²) in [5, 5.41) is 13.5. The quantitative estimate of drug-likeness (QED) is 0.0881. The molecule has 0 N–H and O–H groups in total. The average Bonchev–Trinajstić information content (AvgIpc) is 3.69. The van der Waals surface area contributed by atoms with Gasteiger partial charge in [-0.3, -0.25) is 0 Å². The van der Waals surface area contributed by atoms with E-state index in [1.165, 1.54) is 104 Å². The van der Waals surface area contributed by atoms with E-state index < -0.39 is 8.07 Å². The summed E-state index contributed by atoms with van der Waals surface area (Å²) in [6.45, 7) is 9.67. The molecule has 0 aliphatic heterocycles. The Morgan fingerprint density at radius 1 is 0.339 bits per heavy atom. The Hall–Kier alpha value is -7.00. The molecule has 1 nitrogen and oxygen atoms in total. The summed E-state index contributed by atoms with van der Waals surface area (Å²) >= 11 is 0. The fraction of sp³-hybridized carbons (Fsp3) is 0.100. The van der Waals surface area contributed by atoms with Crippen LogP contribution >= 0.6 is 0 Å². The summed E-state index contributed by atoms with van der Waals surface area (Å²) in [6, 6.07) is 80.5. The smallest absolute Gasteiger partial charge is 0.179 e. The maximum absolute atomic E-state index is 2.71. The number of hydrogen-bond acceptors (Lipinski definition) is 1. The molecule has 2 aliphatic carbocycles. The normalized spacial score (nSPS) is 14.4. The third-order valence-electron chi connectivity index (χ3n) is 14.5. The van der Waals surface area contributed by atoms with Crippen LogP contribution in [0.2, 0.25) is 0 Å². The van der Waals surface area contributed by atoms with Crippen molar-refractivity contribution in [3.8, 4) is 11.1 Å². The zero-order valence-electron chi connectivity index (χ0n) is 35.7. The topological polar surface area (TPSA) is 3.24 Å². The van der Waals surface area contributed by atoms with Gasteiger partial charge >= 0.3 is 0 Å². The third-order valence-corrected chi connectivity index (χ3v) is 19.3. The lowest BCUT2D eigenvalue weighted by Crippen LogP contribution is -2.74. The number of nitrogens with zero attached hydrogens (tertiary/aromatic N) is 1. The Morgan fingerprint density at radius 2 is 0.855 bits per heavy atom. The summed E-state index contributed by atoms with van der Waals surface area (Å²) < 4.78 is 0. The second-order valence-electron chi connectivity index (χ2n) is 18.5. The first-order valence-electron chi connectivity index (χ1n) is 22.0. The van der Waals surface area contributed by atoms with Crippen LogP contribution in [0.5, 0.6) is 0 Å². The average molecular weight is 810 g/mol. The zero-order chi connectivity index (χ0) is 41.8. The molecule has 62 heavy (non-hydrogen) atoms. The van der Waals surface area contributed by atoms with E-state index in [0.29, 0.717) is 0 Å². The molecular formula is C60H47NSi. The van der Waals surface area contributed by atoms with Crippen LogP contribution < -0.4 is 25.6 Å². The molecule has 0 radical (unpaired) electrons. The molecule has 0 amide bonds. The first kappa shape index (κ1) is 36.8. The largest absolute Gasteiger partial charge is 0.310 e. The van der Waals surface area contributed by atoms with Gasteiger partial charge in [0.2, 0.25) is 0 Å². The highest BCUT2D eigenvalue weighted by atomic mass is 28.3. The third kappa shape index (κ3) is 5.14. The highest BCUT2D eigenvalue weighted by Crippen LogP contribution is 2.54. The van der Waals surface area contributed by atoms with Crippen LogP contribution in [0, 0.1) is 0 Å². The van der Waals surface area contributed by atoms with Crippen LogP contribution in [0.15, 0.2) is 212 Å². The molecule has 0 saturated carbocycles. The summed E-state index contributed by atoms with van der Waals surface area (Å²) in [6.07, 6.45) is 0. The van der Waals surface area contributed by atoms with Crippen molar-refractivity contribution in [2.75, 3.05) is 4.90 Å². The van der Waals surface area contributed by atoms with E-state index in [2.05, 4.69) is 245 Å². The lowest BCUT2D eigenvalue weighted by Gasteiger charge is -2.35. The molecule has 0 atom stereocenters. The van der Waals surface area contributed by atoms with Crippen molar-refractivity contribution in [2.24, 2.45) is 0 Å². The standard InChI is InChI=1S/C60H47NSi/c1-59(2)52-28-16-20-41-30-31-42-36-44(38-55(59)58(42)57(41)52)61(56-29-17-19-40-18-14-15-27-49(40)56)43-32-34-50-51-35-33-48(39-54(51)60(3,4)53(50)37-43)62(45-21-8-5-9-22-45,46-23-10-6-11-24-46)47-25-12-7-13-26-47/h5-39H,1-4H3. The van der Waals surface area contributed by atoms with Crippen molar-refractivity contribution in [3.05, 3.63) is 235 Å². The number of rotatable bonds is 7. The summed E-state index contributed by atoms with van der Waals surface area (Å²) in [4.78, 5) is 2.53. The second-order valence-corrected chi connectivity index (χ2v) is 22.3. The van der Waals surface area contributed by atoms with Crippen LogP contribution in [0.3, 0.4) is 0 Å². The number of hydrogen-bond donors (Lipinski definition) is 0. The van der Waals surface area contributed by atoms with Crippen LogP contribution in [-0.2, 0) is 10.8 Å². The van der Waals surface area contributed by atoms with Crippen molar-refractivity contribution in [1.29, 1.82) is 0 Å². The Kier molecular flexibility index (Phi) is 8.02. The van der Waals surface area contributed by atoms with E-state index in [0.717, 1.165) is 0 Å². The molecule has 0 heterocycles. The summed E-state index contributed by atoms with van der Waals surface area (Å²) in [7, 11) is -2.71. The van der Waals surface area contributed by atoms with E-state index in [1.54, 1.807) is 0 Å². The fourth-order valence-corrected chi connectivity index (χ4v) is 16.3. The molecule has 0 unspecified atom stereocenters. The van der Waals surface area contributed by atoms with E-state index in [-0.39, 0.29) is 10.8 Å². The van der Waals surface area contributed by atoms with Gasteiger partial charge in [-0.05, 0) is 111 Å². The van der Waals surface area contributed by atoms with Gasteiger partial charge in [0.25, 0.3) is 0 Å². The molecule has 0 spiro atoms. The van der Waals surface area contributed by atoms with Gasteiger partial charge in [0.1, 0.15) is 0 Å². The first-order chi connectivity index (χ1) is 30.3. The lowest BCUT2D eigenvalue weighted by molar-refractivity contribution is 0.661. The molecule has 0 bridgehead atoms. The minimum atomic E-state index is -2.71. The number of anilines is 3. The van der Waals surface area contributed by atoms with Crippen molar-refractivity contribution in [2.45, 2.75) is 38.5 Å². The van der Waals surface area contributed by atoms with E-state index >= 15 is 0 Å². The van der Waals surface area contributed by atoms with Gasteiger partial charge < -0.3 is 4.90 Å². The Morgan fingerprint density at radius 3 is 1.55 bits per heavy atom. The number of benzene rings is 10. The summed E-state index contributed by atoms with van der Waals surface area (Å²) in [5.74, 6) is 0. The Balaban J connectivity index is 1.06. The SMILES string of the molecule is CC1(C)c2cc(N(c3cc4c5c(ccc6cccc(c65)C4(C)C)c3)c3cccc4ccccc34)ccc2-c2ccc([Si](c3ccccc3)(c3ccccc3)c3ccccc3)cc21. The maximum Gasteiger partial charge on any atom is 0.179 e. The highest BCUT2D eigenvalue weighted by Gasteiger charge is 2.44. The highest BCUT2D eigenvalue weighted by molar-refractivity contribution is 7.19. The van der Waals surface area contributed by atoms with Gasteiger partial charge in [0.05, 0.1) is 5.69 Å². The van der Waals surface area contributed by atoms with Crippen molar-refractivity contribution >= 4 is 78.2 Å². The van der Waals surface area contributed by atoms with Crippen LogP contribution in [0.25, 0.3) is 43.4 Å². The lowest BCUT2D eigenvalue weighted by atomic mass is 9.81. The maximum atomic E-state index is 2.59. The monoisotopic (exact) mass is 809 g/mol. The predicted octanol–water partition coefficient (Wildman–Crippen LogP) is 12.9. The van der Waals surface area contributed by atoms with Crippen molar-refractivity contribution in [3.63, 3.8) is 0 Å². The molecule has 2 heteroatoms. The Labute approximate surface area is 365 Å². The Bertz CT molecular complexity index is 3300. The molecule has 0 saturated heterocycles. The minimum absolute atomic E-state index is 0.126. The van der Waals surface area contributed by atoms with Crippen LogP contribution in [0.1, 0.15) is 49.9 Å². The molecule has 2 aliphatic rings.